The predicted octanol–water partition coefficient (Wildman–Crippen LogP) is 4.96. The van der Waals surface area contributed by atoms with Gasteiger partial charge in [0.15, 0.2) is 0 Å². The van der Waals surface area contributed by atoms with Crippen LogP contribution in [0.15, 0.2) is 48.5 Å². The molecule has 0 saturated heterocycles. The highest BCUT2D eigenvalue weighted by molar-refractivity contribution is 6.04. The number of phenols is 1. The molecule has 1 N–H and O–H groups in total. The molecular formula is C21H20O3. The standard InChI is InChI=1S/C21H20O3/c1-4-24-21(23)20-12-19(15-9-14(3)10-16(22)11-15)17-7-5-13(2)6-8-18(17)20/h5-12,22H,4H2,1-3H3. The Hall–Kier alpha value is -2.81. The van der Waals surface area contributed by atoms with Gasteiger partial charge < -0.3 is 9.84 Å². The Morgan fingerprint density at radius 2 is 1.62 bits per heavy atom. The van der Waals surface area contributed by atoms with Gasteiger partial charge in [-0.25, -0.2) is 4.79 Å². The number of esters is 1. The van der Waals surface area contributed by atoms with E-state index in [1.165, 1.54) is 0 Å². The van der Waals surface area contributed by atoms with Crippen LogP contribution in [0.25, 0.3) is 22.3 Å². The Morgan fingerprint density at radius 1 is 0.917 bits per heavy atom. The molecular weight excluding hydrogens is 300 g/mol. The van der Waals surface area contributed by atoms with Crippen LogP contribution in [0.4, 0.5) is 0 Å². The fourth-order valence-corrected chi connectivity index (χ4v) is 2.97. The Morgan fingerprint density at radius 3 is 2.29 bits per heavy atom. The van der Waals surface area contributed by atoms with E-state index in [-0.39, 0.29) is 11.7 Å². The molecule has 0 saturated carbocycles. The summed E-state index contributed by atoms with van der Waals surface area (Å²) < 4.78 is 5.21. The quantitative estimate of drug-likeness (QED) is 0.694. The number of aromatic hydroxyl groups is 1. The van der Waals surface area contributed by atoms with Crippen molar-refractivity contribution in [1.82, 2.24) is 0 Å². The largest absolute Gasteiger partial charge is 0.508 e. The van der Waals surface area contributed by atoms with Crippen LogP contribution in [0.5, 0.6) is 5.75 Å². The summed E-state index contributed by atoms with van der Waals surface area (Å²) in [6, 6.07) is 15.3. The predicted molar refractivity (Wildman–Crippen MR) is 95.6 cm³/mol. The molecule has 0 aromatic heterocycles. The number of benzene rings is 1. The van der Waals surface area contributed by atoms with Crippen LogP contribution in [0.3, 0.4) is 0 Å². The number of phenolic OH excluding ortho intramolecular Hbond substituents is 1. The lowest BCUT2D eigenvalue weighted by Crippen LogP contribution is -2.03. The van der Waals surface area contributed by atoms with E-state index >= 15 is 0 Å². The van der Waals surface area contributed by atoms with Gasteiger partial charge in [0.1, 0.15) is 5.75 Å². The van der Waals surface area contributed by atoms with Crippen molar-refractivity contribution < 1.29 is 14.6 Å². The zero-order valence-electron chi connectivity index (χ0n) is 14.1. The molecule has 3 rings (SSSR count). The molecule has 3 nitrogen and oxygen atoms in total. The van der Waals surface area contributed by atoms with Crippen LogP contribution < -0.4 is 0 Å². The first-order valence-corrected chi connectivity index (χ1v) is 8.01. The number of hydrogen-bond acceptors (Lipinski definition) is 3. The van der Waals surface area contributed by atoms with Crippen LogP contribution >= 0.6 is 0 Å². The van der Waals surface area contributed by atoms with Crippen LogP contribution in [-0.4, -0.2) is 17.7 Å². The van der Waals surface area contributed by atoms with Gasteiger partial charge in [-0.1, -0.05) is 35.9 Å². The van der Waals surface area contributed by atoms with Gasteiger partial charge >= 0.3 is 5.97 Å². The Balaban J connectivity index is 2.26. The van der Waals surface area contributed by atoms with Gasteiger partial charge in [-0.05, 0) is 66.8 Å². The van der Waals surface area contributed by atoms with Crippen LogP contribution in [0, 0.1) is 13.8 Å². The van der Waals surface area contributed by atoms with Gasteiger partial charge in [0.05, 0.1) is 12.2 Å². The first-order valence-electron chi connectivity index (χ1n) is 8.01. The molecule has 0 radical (unpaired) electrons. The molecule has 24 heavy (non-hydrogen) atoms. The SMILES string of the molecule is CCOC(=O)c1cc(-c2cc(C)cc(O)c2)c2ccc(C)ccc1-2. The normalized spacial score (nSPS) is 10.8. The number of hydrogen-bond donors (Lipinski definition) is 1. The second-order valence-electron chi connectivity index (χ2n) is 5.99. The maximum Gasteiger partial charge on any atom is 0.338 e. The van der Waals surface area contributed by atoms with E-state index in [4.69, 9.17) is 4.74 Å². The molecule has 0 heterocycles. The van der Waals surface area contributed by atoms with Gasteiger partial charge in [-0.2, -0.15) is 0 Å². The molecule has 0 atom stereocenters. The number of aryl methyl sites for hydroxylation is 2. The number of ether oxygens (including phenoxy) is 1. The van der Waals surface area contributed by atoms with Gasteiger partial charge in [-0.15, -0.1) is 0 Å². The van der Waals surface area contributed by atoms with Gasteiger partial charge in [0.25, 0.3) is 0 Å². The van der Waals surface area contributed by atoms with Crippen molar-refractivity contribution in [3.63, 3.8) is 0 Å². The summed E-state index contributed by atoms with van der Waals surface area (Å²) >= 11 is 0. The molecule has 1 aromatic rings. The van der Waals surface area contributed by atoms with Crippen molar-refractivity contribution in [2.45, 2.75) is 20.8 Å². The van der Waals surface area contributed by atoms with E-state index in [1.807, 2.05) is 50.2 Å². The molecule has 2 aliphatic rings. The summed E-state index contributed by atoms with van der Waals surface area (Å²) in [4.78, 5) is 12.4. The molecule has 0 fully saturated rings. The third-order valence-electron chi connectivity index (χ3n) is 4.05. The lowest BCUT2D eigenvalue weighted by Gasteiger charge is -2.05. The summed E-state index contributed by atoms with van der Waals surface area (Å²) in [5.41, 5.74) is 6.26. The van der Waals surface area contributed by atoms with Gasteiger partial charge in [0, 0.05) is 0 Å². The minimum absolute atomic E-state index is 0.216. The Bertz CT molecular complexity index is 860. The molecule has 1 aromatic carbocycles. The van der Waals surface area contributed by atoms with Crippen molar-refractivity contribution in [2.75, 3.05) is 6.61 Å². The van der Waals surface area contributed by atoms with Crippen LogP contribution in [-0.2, 0) is 4.74 Å². The monoisotopic (exact) mass is 320 g/mol. The van der Waals surface area contributed by atoms with E-state index in [0.29, 0.717) is 12.2 Å². The summed E-state index contributed by atoms with van der Waals surface area (Å²) in [6.45, 7) is 6.09. The molecule has 0 bridgehead atoms. The molecule has 0 amide bonds. The highest BCUT2D eigenvalue weighted by atomic mass is 16.5. The summed E-state index contributed by atoms with van der Waals surface area (Å²) in [5, 5.41) is 9.93. The lowest BCUT2D eigenvalue weighted by atomic mass is 10.0. The first kappa shape index (κ1) is 16.1. The summed E-state index contributed by atoms with van der Waals surface area (Å²) in [5.74, 6) is -0.108. The zero-order valence-corrected chi connectivity index (χ0v) is 14.1. The summed E-state index contributed by atoms with van der Waals surface area (Å²) in [7, 11) is 0. The van der Waals surface area contributed by atoms with Crippen LogP contribution in [0.1, 0.15) is 28.4 Å². The minimum Gasteiger partial charge on any atom is -0.508 e. The van der Waals surface area contributed by atoms with E-state index in [1.54, 1.807) is 19.1 Å². The van der Waals surface area contributed by atoms with Gasteiger partial charge in [0.2, 0.25) is 0 Å². The van der Waals surface area contributed by atoms with Crippen molar-refractivity contribution >= 4 is 5.97 Å². The highest BCUT2D eigenvalue weighted by Gasteiger charge is 2.22. The third-order valence-corrected chi connectivity index (χ3v) is 4.05. The smallest absolute Gasteiger partial charge is 0.338 e. The highest BCUT2D eigenvalue weighted by Crippen LogP contribution is 2.40. The van der Waals surface area contributed by atoms with E-state index in [9.17, 15) is 9.90 Å². The van der Waals surface area contributed by atoms with E-state index < -0.39 is 0 Å². The fourth-order valence-electron chi connectivity index (χ4n) is 2.97. The lowest BCUT2D eigenvalue weighted by molar-refractivity contribution is 0.0528. The molecule has 0 aliphatic heterocycles. The molecule has 3 heteroatoms. The second kappa shape index (κ2) is 6.36. The van der Waals surface area contributed by atoms with E-state index in [2.05, 4.69) is 0 Å². The van der Waals surface area contributed by atoms with Crippen molar-refractivity contribution in [3.05, 3.63) is 65.2 Å². The second-order valence-corrected chi connectivity index (χ2v) is 5.99. The maximum atomic E-state index is 12.4. The fraction of sp³-hybridized carbons (Fsp3) is 0.190. The zero-order chi connectivity index (χ0) is 17.3. The van der Waals surface area contributed by atoms with E-state index in [0.717, 1.165) is 33.4 Å². The molecule has 0 unspecified atom stereocenters. The number of rotatable bonds is 3. The Kier molecular flexibility index (Phi) is 4.26. The average molecular weight is 320 g/mol. The minimum atomic E-state index is -0.325. The van der Waals surface area contributed by atoms with Crippen molar-refractivity contribution in [1.29, 1.82) is 0 Å². The molecule has 0 spiro atoms. The number of carbonyl (C=O) groups is 1. The first-order chi connectivity index (χ1) is 11.5. The number of carbonyl (C=O) groups excluding carboxylic acids is 1. The van der Waals surface area contributed by atoms with Crippen molar-refractivity contribution in [2.24, 2.45) is 0 Å². The van der Waals surface area contributed by atoms with Crippen molar-refractivity contribution in [3.8, 4) is 28.0 Å². The van der Waals surface area contributed by atoms with Crippen LogP contribution in [0.2, 0.25) is 0 Å². The number of fused-ring (bicyclic) bond motifs is 1. The average Bonchev–Trinajstić information content (AvgIpc) is 2.78. The molecule has 2 aliphatic carbocycles. The maximum absolute atomic E-state index is 12.4. The van der Waals surface area contributed by atoms with Gasteiger partial charge in [-0.3, -0.25) is 0 Å². The topological polar surface area (TPSA) is 46.5 Å². The Labute approximate surface area is 141 Å². The molecule has 122 valence electrons. The third kappa shape index (κ3) is 2.98. The summed E-state index contributed by atoms with van der Waals surface area (Å²) in [6.07, 6.45) is 0.